The molecule has 3 rings (SSSR count). The number of hydrazone groups is 1. The third kappa shape index (κ3) is 4.06. The van der Waals surface area contributed by atoms with Crippen molar-refractivity contribution in [3.63, 3.8) is 0 Å². The van der Waals surface area contributed by atoms with E-state index in [2.05, 4.69) is 15.7 Å². The molecule has 2 aromatic carbocycles. The van der Waals surface area contributed by atoms with Gasteiger partial charge in [0, 0.05) is 30.0 Å². The molecule has 0 bridgehead atoms. The average Bonchev–Trinajstić information content (AvgIpc) is 2.53. The number of alkyl halides is 3. The standard InChI is InChI=1S/C17H19F3N6/c18-17(19,20)11-5-7-12(8-6-11)24-15-4-2-1-3-14(15)16(21)25-26(22)13-9-23-10-13/h1-8,13,23-24H,9-10,22H2,(H2,21,25). The van der Waals surface area contributed by atoms with Crippen molar-refractivity contribution in [2.45, 2.75) is 12.2 Å². The summed E-state index contributed by atoms with van der Waals surface area (Å²) in [5.74, 6) is 6.09. The number of amidine groups is 1. The lowest BCUT2D eigenvalue weighted by atomic mass is 10.1. The maximum atomic E-state index is 12.7. The van der Waals surface area contributed by atoms with Crippen LogP contribution in [0.5, 0.6) is 0 Å². The van der Waals surface area contributed by atoms with Crippen LogP contribution in [0.2, 0.25) is 0 Å². The molecule has 0 saturated carbocycles. The summed E-state index contributed by atoms with van der Waals surface area (Å²) >= 11 is 0. The molecule has 0 unspecified atom stereocenters. The molecule has 6 nitrogen and oxygen atoms in total. The Morgan fingerprint density at radius 1 is 1.12 bits per heavy atom. The average molecular weight is 364 g/mol. The Morgan fingerprint density at radius 3 is 2.35 bits per heavy atom. The van der Waals surface area contributed by atoms with Crippen molar-refractivity contribution in [3.8, 4) is 0 Å². The molecule has 1 aliphatic heterocycles. The minimum atomic E-state index is -4.37. The van der Waals surface area contributed by atoms with Crippen LogP contribution in [0, 0.1) is 0 Å². The van der Waals surface area contributed by atoms with Crippen LogP contribution in [0.15, 0.2) is 53.6 Å². The zero-order chi connectivity index (χ0) is 18.7. The molecule has 138 valence electrons. The number of anilines is 2. The van der Waals surface area contributed by atoms with Crippen LogP contribution in [0.3, 0.4) is 0 Å². The highest BCUT2D eigenvalue weighted by molar-refractivity contribution is 6.02. The number of nitrogens with two attached hydrogens (primary N) is 2. The number of benzene rings is 2. The van der Waals surface area contributed by atoms with Crippen LogP contribution in [0.1, 0.15) is 11.1 Å². The number of para-hydroxylation sites is 1. The quantitative estimate of drug-likeness (QED) is 0.283. The molecule has 9 heteroatoms. The Balaban J connectivity index is 1.79. The Bertz CT molecular complexity index is 784. The molecule has 1 heterocycles. The molecular formula is C17H19F3N6. The van der Waals surface area contributed by atoms with Gasteiger partial charge >= 0.3 is 6.18 Å². The Labute approximate surface area is 148 Å². The van der Waals surface area contributed by atoms with E-state index in [-0.39, 0.29) is 11.9 Å². The number of nitrogens with zero attached hydrogens (tertiary/aromatic N) is 2. The van der Waals surface area contributed by atoms with Crippen molar-refractivity contribution >= 4 is 17.2 Å². The van der Waals surface area contributed by atoms with Crippen LogP contribution in [-0.2, 0) is 6.18 Å². The fourth-order valence-electron chi connectivity index (χ4n) is 2.43. The lowest BCUT2D eigenvalue weighted by molar-refractivity contribution is -0.137. The van der Waals surface area contributed by atoms with Crippen LogP contribution in [-0.4, -0.2) is 30.1 Å². The first-order valence-electron chi connectivity index (χ1n) is 7.97. The van der Waals surface area contributed by atoms with E-state index in [0.29, 0.717) is 16.9 Å². The Hall–Kier alpha value is -2.78. The van der Waals surface area contributed by atoms with Crippen LogP contribution < -0.4 is 22.2 Å². The second-order valence-corrected chi connectivity index (χ2v) is 5.92. The molecule has 0 radical (unpaired) electrons. The molecule has 0 atom stereocenters. The Kier molecular flexibility index (Phi) is 5.01. The summed E-state index contributed by atoms with van der Waals surface area (Å²) < 4.78 is 38.0. The smallest absolute Gasteiger partial charge is 0.382 e. The van der Waals surface area contributed by atoms with Gasteiger partial charge in [0.1, 0.15) is 0 Å². The minimum absolute atomic E-state index is 0.0867. The van der Waals surface area contributed by atoms with E-state index in [1.54, 1.807) is 24.3 Å². The molecule has 2 aromatic rings. The van der Waals surface area contributed by atoms with Gasteiger partial charge in [0.05, 0.1) is 11.6 Å². The molecule has 1 saturated heterocycles. The van der Waals surface area contributed by atoms with Crippen molar-refractivity contribution in [3.05, 3.63) is 59.7 Å². The number of nitrogens with one attached hydrogen (secondary N) is 2. The summed E-state index contributed by atoms with van der Waals surface area (Å²) in [5.41, 5.74) is 7.10. The van der Waals surface area contributed by atoms with Crippen LogP contribution in [0.4, 0.5) is 24.5 Å². The highest BCUT2D eigenvalue weighted by Crippen LogP contribution is 2.30. The molecule has 0 aromatic heterocycles. The molecule has 1 fully saturated rings. The van der Waals surface area contributed by atoms with Crippen LogP contribution in [0.25, 0.3) is 0 Å². The fraction of sp³-hybridized carbons (Fsp3) is 0.235. The number of hydrazine groups is 1. The van der Waals surface area contributed by atoms with Gasteiger partial charge in [0.25, 0.3) is 0 Å². The maximum Gasteiger partial charge on any atom is 0.416 e. The van der Waals surface area contributed by atoms with Gasteiger partial charge in [0.2, 0.25) is 0 Å². The van der Waals surface area contributed by atoms with Gasteiger partial charge in [-0.15, -0.1) is 5.10 Å². The van der Waals surface area contributed by atoms with Gasteiger partial charge in [-0.1, -0.05) is 12.1 Å². The summed E-state index contributed by atoms with van der Waals surface area (Å²) in [6.07, 6.45) is -4.37. The predicted octanol–water partition coefficient (Wildman–Crippen LogP) is 2.22. The topological polar surface area (TPSA) is 91.7 Å². The molecule has 0 aliphatic carbocycles. The molecular weight excluding hydrogens is 345 g/mol. The van der Waals surface area contributed by atoms with Crippen LogP contribution >= 0.6 is 0 Å². The zero-order valence-corrected chi connectivity index (χ0v) is 13.8. The van der Waals surface area contributed by atoms with E-state index in [0.717, 1.165) is 25.2 Å². The summed E-state index contributed by atoms with van der Waals surface area (Å²) in [7, 11) is 0. The molecule has 1 aliphatic rings. The monoisotopic (exact) mass is 364 g/mol. The van der Waals surface area contributed by atoms with E-state index in [9.17, 15) is 13.2 Å². The first-order valence-corrected chi connectivity index (χ1v) is 7.97. The third-order valence-corrected chi connectivity index (χ3v) is 4.05. The van der Waals surface area contributed by atoms with E-state index in [1.165, 1.54) is 17.3 Å². The molecule has 0 spiro atoms. The molecule has 0 amide bonds. The van der Waals surface area contributed by atoms with Crippen molar-refractivity contribution in [1.82, 2.24) is 10.4 Å². The number of rotatable bonds is 5. The van der Waals surface area contributed by atoms with E-state index in [4.69, 9.17) is 11.6 Å². The summed E-state index contributed by atoms with van der Waals surface area (Å²) in [6.45, 7) is 1.47. The lowest BCUT2D eigenvalue weighted by Crippen LogP contribution is -2.58. The number of hydrogen-bond donors (Lipinski definition) is 4. The zero-order valence-electron chi connectivity index (χ0n) is 13.8. The highest BCUT2D eigenvalue weighted by Gasteiger charge is 2.30. The highest BCUT2D eigenvalue weighted by atomic mass is 19.4. The summed E-state index contributed by atoms with van der Waals surface area (Å²) in [6, 6.07) is 12.0. The van der Waals surface area contributed by atoms with Gasteiger partial charge < -0.3 is 16.4 Å². The minimum Gasteiger partial charge on any atom is -0.382 e. The Morgan fingerprint density at radius 2 is 1.77 bits per heavy atom. The first-order chi connectivity index (χ1) is 12.3. The fourth-order valence-corrected chi connectivity index (χ4v) is 2.43. The second-order valence-electron chi connectivity index (χ2n) is 5.92. The van der Waals surface area contributed by atoms with E-state index < -0.39 is 11.7 Å². The van der Waals surface area contributed by atoms with Gasteiger partial charge in [0.15, 0.2) is 5.84 Å². The number of hydrogen-bond acceptors (Lipinski definition) is 5. The van der Waals surface area contributed by atoms with Gasteiger partial charge in [-0.25, -0.2) is 11.0 Å². The third-order valence-electron chi connectivity index (χ3n) is 4.05. The first kappa shape index (κ1) is 18.0. The van der Waals surface area contributed by atoms with E-state index in [1.807, 2.05) is 0 Å². The van der Waals surface area contributed by atoms with Gasteiger partial charge in [-0.05, 0) is 36.4 Å². The molecule has 26 heavy (non-hydrogen) atoms. The SMILES string of the molecule is N/C(=N\N(N)C1CNC1)c1ccccc1Nc1ccc(C(F)(F)F)cc1. The van der Waals surface area contributed by atoms with Crippen molar-refractivity contribution < 1.29 is 13.2 Å². The second kappa shape index (κ2) is 7.22. The number of halogens is 3. The normalized spacial score (nSPS) is 15.5. The van der Waals surface area contributed by atoms with Gasteiger partial charge in [-0.2, -0.15) is 13.2 Å². The van der Waals surface area contributed by atoms with E-state index >= 15 is 0 Å². The maximum absolute atomic E-state index is 12.7. The largest absolute Gasteiger partial charge is 0.416 e. The summed E-state index contributed by atoms with van der Waals surface area (Å²) in [5, 5.41) is 11.7. The van der Waals surface area contributed by atoms with Crippen molar-refractivity contribution in [2.75, 3.05) is 18.4 Å². The predicted molar refractivity (Wildman–Crippen MR) is 94.6 cm³/mol. The lowest BCUT2D eigenvalue weighted by Gasteiger charge is -2.32. The van der Waals surface area contributed by atoms with Crippen molar-refractivity contribution in [1.29, 1.82) is 0 Å². The molecule has 6 N–H and O–H groups in total. The van der Waals surface area contributed by atoms with Gasteiger partial charge in [-0.3, -0.25) is 0 Å². The van der Waals surface area contributed by atoms with Crippen molar-refractivity contribution in [2.24, 2.45) is 16.7 Å². The summed E-state index contributed by atoms with van der Waals surface area (Å²) in [4.78, 5) is 0.